The first-order valence-corrected chi connectivity index (χ1v) is 6.64. The SMILES string of the molecule is CC[C@@H](NCCn1cccn1)C(=O)Nc1cc(C)on1. The molecule has 7 nitrogen and oxygen atoms in total. The molecule has 2 N–H and O–H groups in total. The lowest BCUT2D eigenvalue weighted by Gasteiger charge is -2.15. The number of aromatic nitrogens is 3. The first kappa shape index (κ1) is 14.3. The summed E-state index contributed by atoms with van der Waals surface area (Å²) in [5.41, 5.74) is 0. The molecule has 1 atom stereocenters. The lowest BCUT2D eigenvalue weighted by atomic mass is 10.2. The van der Waals surface area contributed by atoms with Crippen LogP contribution >= 0.6 is 0 Å². The maximum absolute atomic E-state index is 12.1. The van der Waals surface area contributed by atoms with Gasteiger partial charge in [0, 0.05) is 25.0 Å². The fourth-order valence-corrected chi connectivity index (χ4v) is 1.85. The Morgan fingerprint density at radius 1 is 1.55 bits per heavy atom. The van der Waals surface area contributed by atoms with Crippen LogP contribution in [0.4, 0.5) is 5.82 Å². The molecule has 2 heterocycles. The topological polar surface area (TPSA) is 85.0 Å². The van der Waals surface area contributed by atoms with Gasteiger partial charge in [0.05, 0.1) is 12.6 Å². The van der Waals surface area contributed by atoms with Crippen LogP contribution in [0, 0.1) is 6.92 Å². The third-order valence-electron chi connectivity index (χ3n) is 2.89. The van der Waals surface area contributed by atoms with E-state index < -0.39 is 0 Å². The van der Waals surface area contributed by atoms with Crippen molar-refractivity contribution in [2.24, 2.45) is 0 Å². The summed E-state index contributed by atoms with van der Waals surface area (Å²) in [6.07, 6.45) is 4.32. The first-order valence-electron chi connectivity index (χ1n) is 6.64. The molecule has 2 aromatic heterocycles. The van der Waals surface area contributed by atoms with Crippen LogP contribution in [0.2, 0.25) is 0 Å². The second-order valence-electron chi connectivity index (χ2n) is 4.50. The van der Waals surface area contributed by atoms with Gasteiger partial charge in [0.25, 0.3) is 0 Å². The summed E-state index contributed by atoms with van der Waals surface area (Å²) in [6.45, 7) is 5.13. The van der Waals surface area contributed by atoms with E-state index in [2.05, 4.69) is 20.9 Å². The lowest BCUT2D eigenvalue weighted by molar-refractivity contribution is -0.118. The summed E-state index contributed by atoms with van der Waals surface area (Å²) in [5, 5.41) is 13.8. The van der Waals surface area contributed by atoms with Gasteiger partial charge in [-0.15, -0.1) is 0 Å². The van der Waals surface area contributed by atoms with Crippen molar-refractivity contribution >= 4 is 11.7 Å². The number of carbonyl (C=O) groups is 1. The van der Waals surface area contributed by atoms with Crippen molar-refractivity contribution in [3.8, 4) is 0 Å². The van der Waals surface area contributed by atoms with Crippen molar-refractivity contribution in [2.45, 2.75) is 32.9 Å². The fraction of sp³-hybridized carbons (Fsp3) is 0.462. The molecule has 0 aromatic carbocycles. The molecule has 0 saturated carbocycles. The van der Waals surface area contributed by atoms with Crippen molar-refractivity contribution < 1.29 is 9.32 Å². The summed E-state index contributed by atoms with van der Waals surface area (Å²) >= 11 is 0. The number of hydrogen-bond acceptors (Lipinski definition) is 5. The molecule has 0 radical (unpaired) electrons. The molecule has 0 spiro atoms. The van der Waals surface area contributed by atoms with E-state index in [4.69, 9.17) is 4.52 Å². The Balaban J connectivity index is 1.79. The number of carbonyl (C=O) groups excluding carboxylic acids is 1. The van der Waals surface area contributed by atoms with Gasteiger partial charge >= 0.3 is 0 Å². The normalized spacial score (nSPS) is 12.3. The van der Waals surface area contributed by atoms with Gasteiger partial charge in [-0.1, -0.05) is 12.1 Å². The Kier molecular flexibility index (Phi) is 4.89. The number of amides is 1. The standard InChI is InChI=1S/C13H19N5O2/c1-3-11(14-6-8-18-7-4-5-15-18)13(19)16-12-9-10(2)20-17-12/h4-5,7,9,11,14H,3,6,8H2,1-2H3,(H,16,17,19)/t11-/m1/s1. The maximum atomic E-state index is 12.1. The van der Waals surface area contributed by atoms with E-state index in [0.717, 1.165) is 6.54 Å². The van der Waals surface area contributed by atoms with E-state index in [0.29, 0.717) is 24.5 Å². The van der Waals surface area contributed by atoms with Gasteiger partial charge in [-0.25, -0.2) is 0 Å². The van der Waals surface area contributed by atoms with E-state index in [1.807, 2.05) is 23.9 Å². The van der Waals surface area contributed by atoms with Gasteiger partial charge in [0.15, 0.2) is 5.82 Å². The monoisotopic (exact) mass is 277 g/mol. The van der Waals surface area contributed by atoms with Gasteiger partial charge in [-0.05, 0) is 19.4 Å². The molecule has 0 fully saturated rings. The largest absolute Gasteiger partial charge is 0.360 e. The third kappa shape index (κ3) is 3.92. The summed E-state index contributed by atoms with van der Waals surface area (Å²) in [7, 11) is 0. The van der Waals surface area contributed by atoms with Gasteiger partial charge in [0.1, 0.15) is 5.76 Å². The molecule has 1 amide bonds. The predicted molar refractivity (Wildman–Crippen MR) is 74.2 cm³/mol. The summed E-state index contributed by atoms with van der Waals surface area (Å²) < 4.78 is 6.73. The molecular weight excluding hydrogens is 258 g/mol. The van der Waals surface area contributed by atoms with Crippen LogP contribution in [0.3, 0.4) is 0 Å². The number of aryl methyl sites for hydroxylation is 1. The van der Waals surface area contributed by atoms with Crippen LogP contribution in [0.25, 0.3) is 0 Å². The number of anilines is 1. The molecule has 0 unspecified atom stereocenters. The number of rotatable bonds is 7. The van der Waals surface area contributed by atoms with Crippen LogP contribution in [0.15, 0.2) is 29.0 Å². The van der Waals surface area contributed by atoms with Gasteiger partial charge in [0.2, 0.25) is 5.91 Å². The lowest BCUT2D eigenvalue weighted by Crippen LogP contribution is -2.41. The molecule has 2 aromatic rings. The minimum Gasteiger partial charge on any atom is -0.360 e. The van der Waals surface area contributed by atoms with Crippen molar-refractivity contribution in [1.82, 2.24) is 20.3 Å². The van der Waals surface area contributed by atoms with Crippen LogP contribution in [-0.2, 0) is 11.3 Å². The smallest absolute Gasteiger partial charge is 0.242 e. The second kappa shape index (κ2) is 6.85. The molecule has 108 valence electrons. The predicted octanol–water partition coefficient (Wildman–Crippen LogP) is 1.19. The maximum Gasteiger partial charge on any atom is 0.242 e. The van der Waals surface area contributed by atoms with E-state index >= 15 is 0 Å². The van der Waals surface area contributed by atoms with E-state index in [-0.39, 0.29) is 11.9 Å². The highest BCUT2D eigenvalue weighted by Crippen LogP contribution is 2.07. The summed E-state index contributed by atoms with van der Waals surface area (Å²) in [4.78, 5) is 12.1. The van der Waals surface area contributed by atoms with Crippen LogP contribution in [0.5, 0.6) is 0 Å². The average molecular weight is 277 g/mol. The van der Waals surface area contributed by atoms with E-state index in [1.54, 1.807) is 19.2 Å². The quantitative estimate of drug-likeness (QED) is 0.794. The van der Waals surface area contributed by atoms with Crippen LogP contribution in [0.1, 0.15) is 19.1 Å². The highest BCUT2D eigenvalue weighted by molar-refractivity contribution is 5.93. The Hall–Kier alpha value is -2.15. The molecule has 0 aliphatic carbocycles. The third-order valence-corrected chi connectivity index (χ3v) is 2.89. The van der Waals surface area contributed by atoms with Crippen LogP contribution in [-0.4, -0.2) is 33.4 Å². The zero-order chi connectivity index (χ0) is 14.4. The molecular formula is C13H19N5O2. The highest BCUT2D eigenvalue weighted by atomic mass is 16.5. The zero-order valence-corrected chi connectivity index (χ0v) is 11.7. The van der Waals surface area contributed by atoms with Crippen molar-refractivity contribution in [2.75, 3.05) is 11.9 Å². The van der Waals surface area contributed by atoms with E-state index in [9.17, 15) is 4.79 Å². The Labute approximate surface area is 117 Å². The van der Waals surface area contributed by atoms with Crippen LogP contribution < -0.4 is 10.6 Å². The number of nitrogens with one attached hydrogen (secondary N) is 2. The van der Waals surface area contributed by atoms with Crippen molar-refractivity contribution in [1.29, 1.82) is 0 Å². The Morgan fingerprint density at radius 2 is 2.40 bits per heavy atom. The molecule has 0 aliphatic rings. The molecule has 0 saturated heterocycles. The number of hydrogen-bond donors (Lipinski definition) is 2. The zero-order valence-electron chi connectivity index (χ0n) is 11.7. The number of nitrogens with zero attached hydrogens (tertiary/aromatic N) is 3. The summed E-state index contributed by atoms with van der Waals surface area (Å²) in [5.74, 6) is 1.00. The molecule has 20 heavy (non-hydrogen) atoms. The molecule has 7 heteroatoms. The highest BCUT2D eigenvalue weighted by Gasteiger charge is 2.16. The van der Waals surface area contributed by atoms with Crippen molar-refractivity contribution in [3.63, 3.8) is 0 Å². The minimum atomic E-state index is -0.262. The fourth-order valence-electron chi connectivity index (χ4n) is 1.85. The molecule has 0 aliphatic heterocycles. The Bertz CT molecular complexity index is 535. The van der Waals surface area contributed by atoms with Gasteiger partial charge < -0.3 is 15.2 Å². The average Bonchev–Trinajstić information content (AvgIpc) is 3.06. The Morgan fingerprint density at radius 3 is 3.00 bits per heavy atom. The van der Waals surface area contributed by atoms with Gasteiger partial charge in [-0.2, -0.15) is 5.10 Å². The molecule has 2 rings (SSSR count). The van der Waals surface area contributed by atoms with E-state index in [1.165, 1.54) is 0 Å². The molecule has 0 bridgehead atoms. The van der Waals surface area contributed by atoms with Crippen molar-refractivity contribution in [3.05, 3.63) is 30.3 Å². The summed E-state index contributed by atoms with van der Waals surface area (Å²) in [6, 6.07) is 3.30. The van der Waals surface area contributed by atoms with Gasteiger partial charge in [-0.3, -0.25) is 9.48 Å². The second-order valence-corrected chi connectivity index (χ2v) is 4.50. The first-order chi connectivity index (χ1) is 9.69. The minimum absolute atomic E-state index is 0.110.